The zero-order valence-corrected chi connectivity index (χ0v) is 13.3. The lowest BCUT2D eigenvalue weighted by molar-refractivity contribution is 0.0929. The van der Waals surface area contributed by atoms with Gasteiger partial charge in [-0.2, -0.15) is 0 Å². The van der Waals surface area contributed by atoms with Crippen LogP contribution in [0.4, 0.5) is 11.5 Å². The fourth-order valence-corrected chi connectivity index (χ4v) is 2.74. The summed E-state index contributed by atoms with van der Waals surface area (Å²) in [5, 5.41) is 6.38. The van der Waals surface area contributed by atoms with Crippen LogP contribution < -0.4 is 15.5 Å². The molecule has 0 aliphatic carbocycles. The minimum atomic E-state index is -0.0432. The van der Waals surface area contributed by atoms with Crippen molar-refractivity contribution in [1.29, 1.82) is 0 Å². The number of piperidine rings is 1. The normalized spacial score (nSPS) is 15.2. The molecule has 1 amide bonds. The largest absolute Gasteiger partial charge is 0.349 e. The van der Waals surface area contributed by atoms with E-state index in [0.29, 0.717) is 5.56 Å². The van der Waals surface area contributed by atoms with Crippen LogP contribution in [0.3, 0.4) is 0 Å². The molecule has 1 aliphatic rings. The van der Waals surface area contributed by atoms with E-state index in [1.165, 1.54) is 0 Å². The molecule has 2 N–H and O–H groups in total. The maximum atomic E-state index is 12.3. The number of carbonyl (C=O) groups excluding carboxylic acids is 1. The molecule has 1 aromatic heterocycles. The van der Waals surface area contributed by atoms with E-state index in [0.717, 1.165) is 37.4 Å². The summed E-state index contributed by atoms with van der Waals surface area (Å²) in [5.74, 6) is 0.771. The first-order valence-corrected chi connectivity index (χ1v) is 8.00. The van der Waals surface area contributed by atoms with Crippen molar-refractivity contribution < 1.29 is 4.79 Å². The first-order valence-electron chi connectivity index (χ1n) is 8.00. The molecule has 23 heavy (non-hydrogen) atoms. The molecule has 0 spiro atoms. The van der Waals surface area contributed by atoms with Crippen molar-refractivity contribution in [3.63, 3.8) is 0 Å². The number of benzene rings is 1. The molecular weight excluding hydrogens is 288 g/mol. The summed E-state index contributed by atoms with van der Waals surface area (Å²) in [6.45, 7) is 1.92. The quantitative estimate of drug-likeness (QED) is 0.910. The van der Waals surface area contributed by atoms with Crippen LogP contribution >= 0.6 is 0 Å². The number of aromatic nitrogens is 1. The molecule has 1 aromatic carbocycles. The Labute approximate surface area is 136 Å². The van der Waals surface area contributed by atoms with Gasteiger partial charge in [0, 0.05) is 25.0 Å². The van der Waals surface area contributed by atoms with E-state index >= 15 is 0 Å². The summed E-state index contributed by atoms with van der Waals surface area (Å²) in [6, 6.07) is 14.0. The maximum absolute atomic E-state index is 12.3. The molecule has 5 nitrogen and oxygen atoms in total. The van der Waals surface area contributed by atoms with Crippen LogP contribution in [-0.2, 0) is 0 Å². The molecule has 1 aliphatic heterocycles. The van der Waals surface area contributed by atoms with Gasteiger partial charge in [0.25, 0.3) is 5.91 Å². The molecule has 0 atom stereocenters. The number of amides is 1. The zero-order valence-electron chi connectivity index (χ0n) is 13.3. The van der Waals surface area contributed by atoms with E-state index in [-0.39, 0.29) is 11.9 Å². The summed E-state index contributed by atoms with van der Waals surface area (Å²) in [4.78, 5) is 18.7. The number of nitrogens with zero attached hydrogens (tertiary/aromatic N) is 2. The van der Waals surface area contributed by atoms with Crippen molar-refractivity contribution in [1.82, 2.24) is 15.6 Å². The Morgan fingerprint density at radius 2 is 1.91 bits per heavy atom. The van der Waals surface area contributed by atoms with Crippen LogP contribution in [0.25, 0.3) is 0 Å². The predicted molar refractivity (Wildman–Crippen MR) is 92.1 cm³/mol. The predicted octanol–water partition coefficient (Wildman–Crippen LogP) is 2.33. The lowest BCUT2D eigenvalue weighted by Gasteiger charge is -2.23. The lowest BCUT2D eigenvalue weighted by atomic mass is 10.1. The number of hydrogen-bond acceptors (Lipinski definition) is 4. The summed E-state index contributed by atoms with van der Waals surface area (Å²) in [6.07, 6.45) is 3.60. The molecule has 0 bridgehead atoms. The molecule has 2 heterocycles. The Morgan fingerprint density at radius 1 is 1.17 bits per heavy atom. The second-order valence-electron chi connectivity index (χ2n) is 5.80. The van der Waals surface area contributed by atoms with Gasteiger partial charge < -0.3 is 15.5 Å². The summed E-state index contributed by atoms with van der Waals surface area (Å²) >= 11 is 0. The van der Waals surface area contributed by atoms with E-state index in [1.54, 1.807) is 6.20 Å². The van der Waals surface area contributed by atoms with Gasteiger partial charge in [0.15, 0.2) is 0 Å². The molecule has 3 rings (SSSR count). The van der Waals surface area contributed by atoms with Crippen LogP contribution in [0, 0.1) is 0 Å². The number of nitrogens with one attached hydrogen (secondary N) is 2. The van der Waals surface area contributed by atoms with Crippen LogP contribution in [-0.4, -0.2) is 37.1 Å². The van der Waals surface area contributed by atoms with Gasteiger partial charge in [-0.15, -0.1) is 0 Å². The molecule has 1 saturated heterocycles. The Kier molecular flexibility index (Phi) is 4.88. The third-order valence-electron chi connectivity index (χ3n) is 4.17. The molecule has 1 fully saturated rings. The van der Waals surface area contributed by atoms with E-state index < -0.39 is 0 Å². The molecular formula is C18H22N4O. The first-order chi connectivity index (χ1) is 11.2. The third kappa shape index (κ3) is 3.87. The van der Waals surface area contributed by atoms with E-state index in [2.05, 4.69) is 15.6 Å². The van der Waals surface area contributed by atoms with Gasteiger partial charge in [-0.05, 0) is 50.2 Å². The van der Waals surface area contributed by atoms with Crippen LogP contribution in [0.1, 0.15) is 23.2 Å². The summed E-state index contributed by atoms with van der Waals surface area (Å²) in [7, 11) is 1.96. The number of para-hydroxylation sites is 1. The van der Waals surface area contributed by atoms with Crippen LogP contribution in [0.2, 0.25) is 0 Å². The second-order valence-corrected chi connectivity index (χ2v) is 5.80. The van der Waals surface area contributed by atoms with Gasteiger partial charge in [0.2, 0.25) is 0 Å². The van der Waals surface area contributed by atoms with Gasteiger partial charge in [-0.3, -0.25) is 4.79 Å². The van der Waals surface area contributed by atoms with Crippen molar-refractivity contribution in [2.24, 2.45) is 0 Å². The van der Waals surface area contributed by atoms with Crippen molar-refractivity contribution in [2.75, 3.05) is 25.0 Å². The van der Waals surface area contributed by atoms with Gasteiger partial charge in [0.05, 0.1) is 5.56 Å². The third-order valence-corrected chi connectivity index (χ3v) is 4.17. The maximum Gasteiger partial charge on any atom is 0.253 e. The fraction of sp³-hybridized carbons (Fsp3) is 0.333. The highest BCUT2D eigenvalue weighted by atomic mass is 16.1. The number of carbonyl (C=O) groups is 1. The topological polar surface area (TPSA) is 57.3 Å². The molecule has 0 radical (unpaired) electrons. The SMILES string of the molecule is CN(c1ccccc1)c1ccc(C(=O)NC2CCNCC2)cn1. The number of hydrogen-bond donors (Lipinski definition) is 2. The van der Waals surface area contributed by atoms with Gasteiger partial charge in [0.1, 0.15) is 5.82 Å². The highest BCUT2D eigenvalue weighted by molar-refractivity contribution is 5.94. The monoisotopic (exact) mass is 310 g/mol. The van der Waals surface area contributed by atoms with Crippen LogP contribution in [0.15, 0.2) is 48.7 Å². The van der Waals surface area contributed by atoms with E-state index in [9.17, 15) is 4.79 Å². The van der Waals surface area contributed by atoms with E-state index in [4.69, 9.17) is 0 Å². The Morgan fingerprint density at radius 3 is 2.57 bits per heavy atom. The summed E-state index contributed by atoms with van der Waals surface area (Å²) < 4.78 is 0. The van der Waals surface area contributed by atoms with Crippen LogP contribution in [0.5, 0.6) is 0 Å². The van der Waals surface area contributed by atoms with Gasteiger partial charge >= 0.3 is 0 Å². The number of rotatable bonds is 4. The average molecular weight is 310 g/mol. The van der Waals surface area contributed by atoms with Gasteiger partial charge in [-0.1, -0.05) is 18.2 Å². The number of pyridine rings is 1. The van der Waals surface area contributed by atoms with Crippen molar-refractivity contribution in [3.8, 4) is 0 Å². The van der Waals surface area contributed by atoms with Crippen molar-refractivity contribution in [3.05, 3.63) is 54.2 Å². The minimum Gasteiger partial charge on any atom is -0.349 e. The summed E-state index contributed by atoms with van der Waals surface area (Å²) in [5.41, 5.74) is 1.67. The van der Waals surface area contributed by atoms with E-state index in [1.807, 2.05) is 54.4 Å². The second kappa shape index (κ2) is 7.24. The highest BCUT2D eigenvalue weighted by Gasteiger charge is 2.16. The molecule has 0 saturated carbocycles. The lowest BCUT2D eigenvalue weighted by Crippen LogP contribution is -2.42. The highest BCUT2D eigenvalue weighted by Crippen LogP contribution is 2.20. The Hall–Kier alpha value is -2.40. The first kappa shape index (κ1) is 15.5. The Balaban J connectivity index is 1.65. The molecule has 5 heteroatoms. The Bertz CT molecular complexity index is 636. The van der Waals surface area contributed by atoms with Crippen molar-refractivity contribution in [2.45, 2.75) is 18.9 Å². The standard InChI is InChI=1S/C18H22N4O/c1-22(16-5-3-2-4-6-16)17-8-7-14(13-20-17)18(23)21-15-9-11-19-12-10-15/h2-8,13,15,19H,9-12H2,1H3,(H,21,23). The average Bonchev–Trinajstić information content (AvgIpc) is 2.63. The fourth-order valence-electron chi connectivity index (χ4n) is 2.74. The smallest absolute Gasteiger partial charge is 0.253 e. The molecule has 120 valence electrons. The van der Waals surface area contributed by atoms with Gasteiger partial charge in [-0.25, -0.2) is 4.98 Å². The minimum absolute atomic E-state index is 0.0432. The van der Waals surface area contributed by atoms with Crippen molar-refractivity contribution >= 4 is 17.4 Å². The molecule has 2 aromatic rings. The molecule has 0 unspecified atom stereocenters. The zero-order chi connectivity index (χ0) is 16.1. The number of anilines is 2.